The van der Waals surface area contributed by atoms with Gasteiger partial charge < -0.3 is 13.9 Å². The van der Waals surface area contributed by atoms with Crippen molar-refractivity contribution < 1.29 is 13.9 Å². The van der Waals surface area contributed by atoms with Crippen LogP contribution in [0.3, 0.4) is 0 Å². The van der Waals surface area contributed by atoms with E-state index in [2.05, 4.69) is 13.8 Å². The molecule has 3 nitrogen and oxygen atoms in total. The molecule has 0 saturated carbocycles. The van der Waals surface area contributed by atoms with Gasteiger partial charge in [-0.2, -0.15) is 0 Å². The van der Waals surface area contributed by atoms with Crippen LogP contribution in [0, 0.1) is 0 Å². The standard InChI is InChI=1S/C8H19O3PS.Na/c1-3-5-7-10-12(9,13)11-8-6-4-2;/h3-8H2,1-2H3,(H,9,13);. The molecule has 1 N–H and O–H groups in total. The molecule has 0 saturated heterocycles. The van der Waals surface area contributed by atoms with E-state index >= 15 is 0 Å². The maximum atomic E-state index is 9.45. The molecule has 6 heteroatoms. The molecule has 1 radical (unpaired) electrons. The minimum atomic E-state index is -2.92. The molecule has 0 unspecified atom stereocenters. The molecular weight excluding hydrogens is 230 g/mol. The van der Waals surface area contributed by atoms with E-state index in [-0.39, 0.29) is 29.6 Å². The Morgan fingerprint density at radius 1 is 1.07 bits per heavy atom. The molecule has 0 aliphatic heterocycles. The monoisotopic (exact) mass is 249 g/mol. The van der Waals surface area contributed by atoms with Crippen LogP contribution in [0.15, 0.2) is 0 Å². The Morgan fingerprint density at radius 2 is 1.43 bits per heavy atom. The zero-order chi connectivity index (χ0) is 10.2. The van der Waals surface area contributed by atoms with Crippen LogP contribution in [-0.4, -0.2) is 47.7 Å². The van der Waals surface area contributed by atoms with Crippen molar-refractivity contribution in [3.05, 3.63) is 0 Å². The van der Waals surface area contributed by atoms with Crippen LogP contribution in [0.1, 0.15) is 39.5 Å². The minimum absolute atomic E-state index is 0. The van der Waals surface area contributed by atoms with E-state index in [1.165, 1.54) is 0 Å². The molecule has 0 aromatic heterocycles. The van der Waals surface area contributed by atoms with Gasteiger partial charge in [0.05, 0.1) is 13.2 Å². The van der Waals surface area contributed by atoms with Gasteiger partial charge in [-0.25, -0.2) is 0 Å². The Labute approximate surface area is 114 Å². The smallest absolute Gasteiger partial charge is 0.324 e. The van der Waals surface area contributed by atoms with Crippen molar-refractivity contribution in [3.8, 4) is 0 Å². The summed E-state index contributed by atoms with van der Waals surface area (Å²) in [4.78, 5) is 9.45. The van der Waals surface area contributed by atoms with Crippen molar-refractivity contribution in [2.45, 2.75) is 39.5 Å². The van der Waals surface area contributed by atoms with Crippen molar-refractivity contribution in [2.75, 3.05) is 13.2 Å². The average molecular weight is 249 g/mol. The Balaban J connectivity index is 0. The molecule has 0 bridgehead atoms. The summed E-state index contributed by atoms with van der Waals surface area (Å²) in [7, 11) is 0. The van der Waals surface area contributed by atoms with E-state index in [1.807, 2.05) is 0 Å². The molecule has 0 rings (SSSR count). The van der Waals surface area contributed by atoms with E-state index < -0.39 is 6.72 Å². The van der Waals surface area contributed by atoms with Crippen molar-refractivity contribution >= 4 is 48.1 Å². The Bertz CT molecular complexity index is 155. The Morgan fingerprint density at radius 3 is 1.71 bits per heavy atom. The largest absolute Gasteiger partial charge is 0.324 e. The SMILES string of the molecule is CCCCOP(O)(=S)OCCCC.[Na]. The number of unbranched alkanes of at least 4 members (excludes halogenated alkanes) is 2. The second-order valence-corrected chi connectivity index (χ2v) is 5.68. The summed E-state index contributed by atoms with van der Waals surface area (Å²) in [5.41, 5.74) is 0. The zero-order valence-electron chi connectivity index (χ0n) is 9.36. The second kappa shape index (κ2) is 11.0. The summed E-state index contributed by atoms with van der Waals surface area (Å²) in [6.45, 7) is 2.19. The maximum Gasteiger partial charge on any atom is 0.324 e. The van der Waals surface area contributed by atoms with Crippen LogP contribution in [0.4, 0.5) is 0 Å². The molecule has 0 atom stereocenters. The summed E-state index contributed by atoms with van der Waals surface area (Å²) in [6.07, 6.45) is 3.89. The van der Waals surface area contributed by atoms with E-state index in [1.54, 1.807) is 0 Å². The molecule has 0 fully saturated rings. The van der Waals surface area contributed by atoms with Gasteiger partial charge in [0, 0.05) is 29.6 Å². The molecule has 0 amide bonds. The van der Waals surface area contributed by atoms with Crippen LogP contribution < -0.4 is 0 Å². The normalized spacial score (nSPS) is 11.1. The van der Waals surface area contributed by atoms with Gasteiger partial charge in [-0.15, -0.1) is 0 Å². The summed E-state index contributed by atoms with van der Waals surface area (Å²) >= 11 is 4.79. The van der Waals surface area contributed by atoms with Gasteiger partial charge >= 0.3 is 6.72 Å². The van der Waals surface area contributed by atoms with Gasteiger partial charge in [0.25, 0.3) is 0 Å². The summed E-state index contributed by atoms with van der Waals surface area (Å²) in [5, 5.41) is 0. The van der Waals surface area contributed by atoms with Crippen molar-refractivity contribution in [1.82, 2.24) is 0 Å². The average Bonchev–Trinajstić information content (AvgIpc) is 2.05. The first-order valence-corrected chi connectivity index (χ1v) is 7.33. The van der Waals surface area contributed by atoms with E-state index in [0.29, 0.717) is 13.2 Å². The van der Waals surface area contributed by atoms with E-state index in [0.717, 1.165) is 25.7 Å². The van der Waals surface area contributed by atoms with Crippen LogP contribution in [0.5, 0.6) is 0 Å². The third-order valence-corrected chi connectivity index (χ3v) is 3.15. The van der Waals surface area contributed by atoms with Crippen LogP contribution in [-0.2, 0) is 20.9 Å². The van der Waals surface area contributed by atoms with Gasteiger partial charge in [0.1, 0.15) is 0 Å². The maximum absolute atomic E-state index is 9.45. The zero-order valence-corrected chi connectivity index (χ0v) is 13.1. The molecule has 0 aromatic carbocycles. The van der Waals surface area contributed by atoms with Gasteiger partial charge in [0.15, 0.2) is 0 Å². The fraction of sp³-hybridized carbons (Fsp3) is 1.00. The fourth-order valence-electron chi connectivity index (χ4n) is 0.686. The predicted molar refractivity (Wildman–Crippen MR) is 64.0 cm³/mol. The Kier molecular flexibility index (Phi) is 14.1. The van der Waals surface area contributed by atoms with E-state index in [4.69, 9.17) is 20.9 Å². The van der Waals surface area contributed by atoms with Crippen molar-refractivity contribution in [1.29, 1.82) is 0 Å². The van der Waals surface area contributed by atoms with Gasteiger partial charge in [-0.1, -0.05) is 26.7 Å². The minimum Gasteiger partial charge on any atom is -0.324 e. The van der Waals surface area contributed by atoms with Gasteiger partial charge in [-0.05, 0) is 24.6 Å². The first kappa shape index (κ1) is 17.9. The first-order valence-electron chi connectivity index (χ1n) is 4.74. The Hall–Kier alpha value is 1.53. The third-order valence-electron chi connectivity index (χ3n) is 1.50. The van der Waals surface area contributed by atoms with E-state index in [9.17, 15) is 4.89 Å². The molecule has 81 valence electrons. The number of hydrogen-bond donors (Lipinski definition) is 1. The third kappa shape index (κ3) is 11.6. The van der Waals surface area contributed by atoms with Crippen LogP contribution >= 0.6 is 6.72 Å². The molecule has 0 aromatic rings. The van der Waals surface area contributed by atoms with Crippen molar-refractivity contribution in [3.63, 3.8) is 0 Å². The quantitative estimate of drug-likeness (QED) is 0.407. The van der Waals surface area contributed by atoms with Gasteiger partial charge in [-0.3, -0.25) is 0 Å². The number of hydrogen-bond acceptors (Lipinski definition) is 3. The topological polar surface area (TPSA) is 38.7 Å². The molecular formula is C8H19NaO3PS. The van der Waals surface area contributed by atoms with Crippen molar-refractivity contribution in [2.24, 2.45) is 0 Å². The molecule has 0 aliphatic rings. The molecule has 0 aliphatic carbocycles. The summed E-state index contributed by atoms with van der Waals surface area (Å²) in [6, 6.07) is 0. The molecule has 0 heterocycles. The van der Waals surface area contributed by atoms with Crippen LogP contribution in [0.2, 0.25) is 0 Å². The van der Waals surface area contributed by atoms with Crippen LogP contribution in [0.25, 0.3) is 0 Å². The second-order valence-electron chi connectivity index (χ2n) is 2.84. The summed E-state index contributed by atoms with van der Waals surface area (Å²) in [5.74, 6) is 0. The predicted octanol–water partition coefficient (Wildman–Crippen LogP) is 2.46. The summed E-state index contributed by atoms with van der Waals surface area (Å²) < 4.78 is 10.2. The molecule has 14 heavy (non-hydrogen) atoms. The first-order chi connectivity index (χ1) is 6.12. The number of rotatable bonds is 8. The fourth-order valence-corrected chi connectivity index (χ4v) is 1.93. The molecule has 0 spiro atoms. The van der Waals surface area contributed by atoms with Gasteiger partial charge in [0.2, 0.25) is 0 Å².